The van der Waals surface area contributed by atoms with Gasteiger partial charge in [-0.25, -0.2) is 14.6 Å². The molecule has 11 heteroatoms. The molecule has 0 unspecified atom stereocenters. The van der Waals surface area contributed by atoms with Crippen LogP contribution in [0, 0.1) is 0 Å². The molecule has 0 spiro atoms. The van der Waals surface area contributed by atoms with Crippen LogP contribution < -0.4 is 26.2 Å². The van der Waals surface area contributed by atoms with Crippen LogP contribution in [0.25, 0.3) is 0 Å². The van der Waals surface area contributed by atoms with E-state index in [1.807, 2.05) is 18.2 Å². The lowest BCUT2D eigenvalue weighted by atomic mass is 10.2. The third-order valence-electron chi connectivity index (χ3n) is 4.80. The van der Waals surface area contributed by atoms with Crippen molar-refractivity contribution < 1.29 is 18.3 Å². The molecule has 2 saturated heterocycles. The Kier molecular flexibility index (Phi) is 5.32. The molecule has 0 bridgehead atoms. The fraction of sp³-hybridized carbons (Fsp3) is 0.444. The molecule has 0 aliphatic carbocycles. The minimum atomic E-state index is -2.81. The number of hydrazine groups is 1. The largest absolute Gasteiger partial charge is 0.455 e. The van der Waals surface area contributed by atoms with Gasteiger partial charge in [-0.1, -0.05) is 29.8 Å². The van der Waals surface area contributed by atoms with E-state index in [9.17, 15) is 8.78 Å². The standard InChI is InChI=1S/C18H21ClF2N6O2/c19-13-4-2-1-3-11(13)7-27(23)16-14(22)15(26-6-5-18(20,21)10-26)24-17(25-16)29-12-8-28-9-12/h1-4,12H,5-10,22-23H2. The van der Waals surface area contributed by atoms with Gasteiger partial charge in [0, 0.05) is 18.0 Å². The van der Waals surface area contributed by atoms with E-state index < -0.39 is 12.5 Å². The topological polar surface area (TPSA) is 103 Å². The second kappa shape index (κ2) is 7.77. The maximum atomic E-state index is 13.8. The van der Waals surface area contributed by atoms with Crippen LogP contribution in [0.4, 0.5) is 26.1 Å². The molecule has 0 radical (unpaired) electrons. The van der Waals surface area contributed by atoms with E-state index in [0.717, 1.165) is 5.56 Å². The zero-order chi connectivity index (χ0) is 20.6. The number of rotatable bonds is 6. The van der Waals surface area contributed by atoms with E-state index in [-0.39, 0.29) is 48.9 Å². The normalized spacial score (nSPS) is 18.6. The van der Waals surface area contributed by atoms with Gasteiger partial charge in [-0.15, -0.1) is 0 Å². The summed E-state index contributed by atoms with van der Waals surface area (Å²) in [5.41, 5.74) is 7.11. The van der Waals surface area contributed by atoms with Crippen molar-refractivity contribution in [2.75, 3.05) is 41.9 Å². The van der Waals surface area contributed by atoms with Gasteiger partial charge in [0.2, 0.25) is 0 Å². The predicted octanol–water partition coefficient (Wildman–Crippen LogP) is 2.22. The van der Waals surface area contributed by atoms with E-state index >= 15 is 0 Å². The van der Waals surface area contributed by atoms with Gasteiger partial charge in [-0.05, 0) is 11.6 Å². The fourth-order valence-electron chi connectivity index (χ4n) is 3.17. The van der Waals surface area contributed by atoms with Crippen LogP contribution >= 0.6 is 11.6 Å². The number of nitrogen functional groups attached to an aromatic ring is 1. The SMILES string of the molecule is Nc1c(N(N)Cc2ccccc2Cl)nc(OC2COC2)nc1N1CCC(F)(F)C1. The average Bonchev–Trinajstić information content (AvgIpc) is 3.00. The quantitative estimate of drug-likeness (QED) is 0.535. The first kappa shape index (κ1) is 19.9. The van der Waals surface area contributed by atoms with E-state index in [1.165, 1.54) is 9.91 Å². The number of aromatic nitrogens is 2. The zero-order valence-corrected chi connectivity index (χ0v) is 16.3. The summed E-state index contributed by atoms with van der Waals surface area (Å²) in [6, 6.07) is 7.23. The summed E-state index contributed by atoms with van der Waals surface area (Å²) in [4.78, 5) is 10.0. The summed E-state index contributed by atoms with van der Waals surface area (Å²) in [6.45, 7) is 0.671. The lowest BCUT2D eigenvalue weighted by molar-refractivity contribution is -0.0830. The van der Waals surface area contributed by atoms with E-state index in [0.29, 0.717) is 18.2 Å². The molecule has 2 fully saturated rings. The highest BCUT2D eigenvalue weighted by Gasteiger charge is 2.40. The first-order chi connectivity index (χ1) is 13.8. The molecule has 1 aromatic carbocycles. The van der Waals surface area contributed by atoms with Gasteiger partial charge in [-0.2, -0.15) is 9.97 Å². The highest BCUT2D eigenvalue weighted by molar-refractivity contribution is 6.31. The van der Waals surface area contributed by atoms with Gasteiger partial charge in [0.1, 0.15) is 11.8 Å². The first-order valence-corrected chi connectivity index (χ1v) is 9.50. The molecule has 156 valence electrons. The number of alkyl halides is 2. The minimum Gasteiger partial charge on any atom is -0.455 e. The Labute approximate surface area is 171 Å². The third kappa shape index (κ3) is 4.29. The van der Waals surface area contributed by atoms with Crippen LogP contribution in [0.5, 0.6) is 6.01 Å². The van der Waals surface area contributed by atoms with Gasteiger partial charge < -0.3 is 20.1 Å². The van der Waals surface area contributed by atoms with Crippen molar-refractivity contribution in [1.82, 2.24) is 9.97 Å². The van der Waals surface area contributed by atoms with Crippen molar-refractivity contribution in [2.45, 2.75) is 25.0 Å². The molecule has 4 N–H and O–H groups in total. The molecular weight excluding hydrogens is 406 g/mol. The molecule has 3 heterocycles. The maximum absolute atomic E-state index is 13.8. The molecule has 2 aromatic rings. The van der Waals surface area contributed by atoms with Crippen LogP contribution in [0.15, 0.2) is 24.3 Å². The van der Waals surface area contributed by atoms with Crippen LogP contribution in [0.1, 0.15) is 12.0 Å². The maximum Gasteiger partial charge on any atom is 0.320 e. The van der Waals surface area contributed by atoms with Crippen molar-refractivity contribution in [3.63, 3.8) is 0 Å². The number of hydrogen-bond donors (Lipinski definition) is 2. The molecule has 4 rings (SSSR count). The summed E-state index contributed by atoms with van der Waals surface area (Å²) in [7, 11) is 0. The fourth-order valence-corrected chi connectivity index (χ4v) is 3.37. The summed E-state index contributed by atoms with van der Waals surface area (Å²) in [5, 5.41) is 1.85. The number of ether oxygens (including phenoxy) is 2. The molecular formula is C18H21ClF2N6O2. The molecule has 0 amide bonds. The van der Waals surface area contributed by atoms with Gasteiger partial charge in [0.05, 0.1) is 26.3 Å². The Morgan fingerprint density at radius 2 is 2.07 bits per heavy atom. The van der Waals surface area contributed by atoms with Crippen molar-refractivity contribution >= 4 is 28.9 Å². The highest BCUT2D eigenvalue weighted by Crippen LogP contribution is 2.37. The zero-order valence-electron chi connectivity index (χ0n) is 15.5. The van der Waals surface area contributed by atoms with Crippen LogP contribution in [-0.2, 0) is 11.3 Å². The third-order valence-corrected chi connectivity index (χ3v) is 5.17. The Hall–Kier alpha value is -2.43. The van der Waals surface area contributed by atoms with Crippen molar-refractivity contribution in [1.29, 1.82) is 0 Å². The lowest BCUT2D eigenvalue weighted by Crippen LogP contribution is -2.39. The molecule has 29 heavy (non-hydrogen) atoms. The van der Waals surface area contributed by atoms with Crippen molar-refractivity contribution in [3.8, 4) is 6.01 Å². The molecule has 2 aliphatic heterocycles. The van der Waals surface area contributed by atoms with Gasteiger partial charge in [-0.3, -0.25) is 5.01 Å². The number of nitrogens with two attached hydrogens (primary N) is 2. The lowest BCUT2D eigenvalue weighted by Gasteiger charge is -2.28. The van der Waals surface area contributed by atoms with Crippen LogP contribution in [0.2, 0.25) is 5.02 Å². The highest BCUT2D eigenvalue weighted by atomic mass is 35.5. The average molecular weight is 427 g/mol. The number of hydrogen-bond acceptors (Lipinski definition) is 8. The summed E-state index contributed by atoms with van der Waals surface area (Å²) in [5.74, 6) is 3.77. The predicted molar refractivity (Wildman–Crippen MR) is 105 cm³/mol. The van der Waals surface area contributed by atoms with Crippen LogP contribution in [-0.4, -0.2) is 48.3 Å². The second-order valence-corrected chi connectivity index (χ2v) is 7.50. The second-order valence-electron chi connectivity index (χ2n) is 7.09. The van der Waals surface area contributed by atoms with Gasteiger partial charge in [0.15, 0.2) is 11.6 Å². The Morgan fingerprint density at radius 3 is 2.69 bits per heavy atom. The monoisotopic (exact) mass is 426 g/mol. The minimum absolute atomic E-state index is 0.0160. The van der Waals surface area contributed by atoms with E-state index in [4.69, 9.17) is 32.7 Å². The Morgan fingerprint density at radius 1 is 1.31 bits per heavy atom. The molecule has 1 aromatic heterocycles. The van der Waals surface area contributed by atoms with E-state index in [2.05, 4.69) is 9.97 Å². The summed E-state index contributed by atoms with van der Waals surface area (Å²) in [6.07, 6.45) is -0.473. The van der Waals surface area contributed by atoms with Crippen molar-refractivity contribution in [2.24, 2.45) is 5.84 Å². The Balaban J connectivity index is 1.66. The first-order valence-electron chi connectivity index (χ1n) is 9.13. The van der Waals surface area contributed by atoms with E-state index in [1.54, 1.807) is 6.07 Å². The smallest absolute Gasteiger partial charge is 0.320 e. The van der Waals surface area contributed by atoms with Gasteiger partial charge >= 0.3 is 6.01 Å². The number of benzene rings is 1. The number of nitrogens with zero attached hydrogens (tertiary/aromatic N) is 4. The molecule has 2 aliphatic rings. The molecule has 0 atom stereocenters. The summed E-state index contributed by atoms with van der Waals surface area (Å²) < 4.78 is 38.3. The van der Waals surface area contributed by atoms with Crippen molar-refractivity contribution in [3.05, 3.63) is 34.9 Å². The molecule has 0 saturated carbocycles. The Bertz CT molecular complexity index is 899. The number of halogens is 3. The summed E-state index contributed by atoms with van der Waals surface area (Å²) >= 11 is 6.21. The number of anilines is 3. The van der Waals surface area contributed by atoms with Gasteiger partial charge in [0.25, 0.3) is 5.92 Å². The van der Waals surface area contributed by atoms with Crippen LogP contribution in [0.3, 0.4) is 0 Å². The molecule has 8 nitrogen and oxygen atoms in total.